The van der Waals surface area contributed by atoms with Gasteiger partial charge in [-0.25, -0.2) is 4.79 Å². The van der Waals surface area contributed by atoms with Crippen LogP contribution < -0.4 is 11.1 Å². The van der Waals surface area contributed by atoms with Crippen molar-refractivity contribution >= 4 is 6.03 Å². The SMILES string of the molecule is CC1CCN(C(=O)NC2CCCCCC2N)CC1. The normalized spacial score (nSPS) is 30.9. The average molecular weight is 253 g/mol. The Labute approximate surface area is 110 Å². The van der Waals surface area contributed by atoms with Crippen LogP contribution in [0.1, 0.15) is 51.9 Å². The van der Waals surface area contributed by atoms with E-state index in [1.165, 1.54) is 19.3 Å². The van der Waals surface area contributed by atoms with E-state index in [2.05, 4.69) is 12.2 Å². The van der Waals surface area contributed by atoms with Gasteiger partial charge in [0.2, 0.25) is 0 Å². The molecule has 4 nitrogen and oxygen atoms in total. The van der Waals surface area contributed by atoms with Gasteiger partial charge in [0, 0.05) is 25.2 Å². The third-order valence-corrected chi connectivity index (χ3v) is 4.45. The summed E-state index contributed by atoms with van der Waals surface area (Å²) in [5.41, 5.74) is 6.15. The van der Waals surface area contributed by atoms with Crippen molar-refractivity contribution < 1.29 is 4.79 Å². The van der Waals surface area contributed by atoms with Crippen LogP contribution in [0.2, 0.25) is 0 Å². The molecule has 2 amide bonds. The van der Waals surface area contributed by atoms with Crippen molar-refractivity contribution in [1.29, 1.82) is 0 Å². The molecule has 2 atom stereocenters. The summed E-state index contributed by atoms with van der Waals surface area (Å²) in [7, 11) is 0. The van der Waals surface area contributed by atoms with E-state index >= 15 is 0 Å². The minimum Gasteiger partial charge on any atom is -0.334 e. The predicted octanol–water partition coefficient (Wildman–Crippen LogP) is 2.09. The second kappa shape index (κ2) is 6.41. The van der Waals surface area contributed by atoms with E-state index < -0.39 is 0 Å². The molecule has 2 aliphatic rings. The van der Waals surface area contributed by atoms with Crippen molar-refractivity contribution in [3.63, 3.8) is 0 Å². The number of nitrogens with zero attached hydrogens (tertiary/aromatic N) is 1. The van der Waals surface area contributed by atoms with Gasteiger partial charge in [-0.1, -0.05) is 26.2 Å². The number of urea groups is 1. The van der Waals surface area contributed by atoms with Crippen LogP contribution in [0.3, 0.4) is 0 Å². The smallest absolute Gasteiger partial charge is 0.317 e. The molecule has 3 N–H and O–H groups in total. The summed E-state index contributed by atoms with van der Waals surface area (Å²) in [5.74, 6) is 0.759. The van der Waals surface area contributed by atoms with E-state index in [1.54, 1.807) is 0 Å². The van der Waals surface area contributed by atoms with Crippen molar-refractivity contribution in [2.45, 2.75) is 64.0 Å². The minimum atomic E-state index is 0.101. The van der Waals surface area contributed by atoms with Crippen LogP contribution in [0.5, 0.6) is 0 Å². The van der Waals surface area contributed by atoms with Crippen molar-refractivity contribution in [3.05, 3.63) is 0 Å². The molecule has 0 spiro atoms. The molecule has 1 saturated heterocycles. The van der Waals surface area contributed by atoms with Crippen molar-refractivity contribution in [2.24, 2.45) is 11.7 Å². The van der Waals surface area contributed by atoms with Crippen LogP contribution in [0.15, 0.2) is 0 Å². The minimum absolute atomic E-state index is 0.101. The molecule has 104 valence electrons. The van der Waals surface area contributed by atoms with Gasteiger partial charge in [0.1, 0.15) is 0 Å². The summed E-state index contributed by atoms with van der Waals surface area (Å²) >= 11 is 0. The first-order valence-corrected chi connectivity index (χ1v) is 7.48. The highest BCUT2D eigenvalue weighted by atomic mass is 16.2. The Morgan fingerprint density at radius 2 is 1.78 bits per heavy atom. The van der Waals surface area contributed by atoms with Gasteiger partial charge >= 0.3 is 6.03 Å². The van der Waals surface area contributed by atoms with Gasteiger partial charge in [-0.15, -0.1) is 0 Å². The molecule has 0 radical (unpaired) electrons. The van der Waals surface area contributed by atoms with Crippen LogP contribution >= 0.6 is 0 Å². The van der Waals surface area contributed by atoms with Gasteiger partial charge in [0.15, 0.2) is 0 Å². The molecule has 1 heterocycles. The van der Waals surface area contributed by atoms with Crippen LogP contribution in [-0.4, -0.2) is 36.1 Å². The molecular weight excluding hydrogens is 226 g/mol. The summed E-state index contributed by atoms with van der Waals surface area (Å²) < 4.78 is 0. The average Bonchev–Trinajstić information content (AvgIpc) is 2.56. The van der Waals surface area contributed by atoms with E-state index in [1.807, 2.05) is 4.90 Å². The topological polar surface area (TPSA) is 58.4 Å². The lowest BCUT2D eigenvalue weighted by atomic mass is 9.99. The molecule has 4 heteroatoms. The van der Waals surface area contributed by atoms with Crippen molar-refractivity contribution in [2.75, 3.05) is 13.1 Å². The molecule has 0 aromatic rings. The lowest BCUT2D eigenvalue weighted by molar-refractivity contribution is 0.168. The Morgan fingerprint density at radius 1 is 1.11 bits per heavy atom. The van der Waals surface area contributed by atoms with Gasteiger partial charge in [-0.05, 0) is 31.6 Å². The van der Waals surface area contributed by atoms with Gasteiger partial charge in [0.05, 0.1) is 0 Å². The molecule has 2 unspecified atom stereocenters. The summed E-state index contributed by atoms with van der Waals surface area (Å²) in [6.45, 7) is 4.06. The highest BCUT2D eigenvalue weighted by Crippen LogP contribution is 2.19. The Hall–Kier alpha value is -0.770. The summed E-state index contributed by atoms with van der Waals surface area (Å²) in [6.07, 6.45) is 7.99. The molecule has 0 aromatic carbocycles. The number of piperidine rings is 1. The third-order valence-electron chi connectivity index (χ3n) is 4.45. The fourth-order valence-corrected chi connectivity index (χ4v) is 2.98. The van der Waals surface area contributed by atoms with E-state index in [-0.39, 0.29) is 18.1 Å². The first-order chi connectivity index (χ1) is 8.66. The molecule has 18 heavy (non-hydrogen) atoms. The van der Waals surface area contributed by atoms with Crippen LogP contribution in [0, 0.1) is 5.92 Å². The molecule has 0 aromatic heterocycles. The molecular formula is C14H27N3O. The van der Waals surface area contributed by atoms with E-state index in [9.17, 15) is 4.79 Å². The lowest BCUT2D eigenvalue weighted by Gasteiger charge is -2.33. The summed E-state index contributed by atoms with van der Waals surface area (Å²) in [4.78, 5) is 14.1. The number of carbonyl (C=O) groups is 1. The van der Waals surface area contributed by atoms with E-state index in [4.69, 9.17) is 5.73 Å². The van der Waals surface area contributed by atoms with Gasteiger partial charge in [0.25, 0.3) is 0 Å². The first kappa shape index (κ1) is 13.7. The summed E-state index contributed by atoms with van der Waals surface area (Å²) in [5, 5.41) is 3.16. The highest BCUT2D eigenvalue weighted by Gasteiger charge is 2.26. The quantitative estimate of drug-likeness (QED) is 0.703. The number of nitrogens with two attached hydrogens (primary N) is 1. The maximum atomic E-state index is 12.2. The van der Waals surface area contributed by atoms with Gasteiger partial charge in [-0.3, -0.25) is 0 Å². The maximum Gasteiger partial charge on any atom is 0.317 e. The number of hydrogen-bond acceptors (Lipinski definition) is 2. The standard InChI is InChI=1S/C14H27N3O/c1-11-7-9-17(10-8-11)14(18)16-13-6-4-2-3-5-12(13)15/h11-13H,2-10,15H2,1H3,(H,16,18). The van der Waals surface area contributed by atoms with E-state index in [0.717, 1.165) is 44.7 Å². The molecule has 1 saturated carbocycles. The summed E-state index contributed by atoms with van der Waals surface area (Å²) in [6, 6.07) is 0.420. The molecule has 1 aliphatic carbocycles. The maximum absolute atomic E-state index is 12.2. The number of likely N-dealkylation sites (tertiary alicyclic amines) is 1. The second-order valence-corrected chi connectivity index (χ2v) is 6.03. The van der Waals surface area contributed by atoms with Crippen molar-refractivity contribution in [3.8, 4) is 0 Å². The molecule has 2 fully saturated rings. The van der Waals surface area contributed by atoms with Crippen LogP contribution in [-0.2, 0) is 0 Å². The first-order valence-electron chi connectivity index (χ1n) is 7.48. The monoisotopic (exact) mass is 253 g/mol. The number of rotatable bonds is 1. The Kier molecular flexibility index (Phi) is 4.87. The van der Waals surface area contributed by atoms with Gasteiger partial charge < -0.3 is 16.0 Å². The van der Waals surface area contributed by atoms with Crippen molar-refractivity contribution in [1.82, 2.24) is 10.2 Å². The number of carbonyl (C=O) groups excluding carboxylic acids is 1. The Bertz CT molecular complexity index is 274. The van der Waals surface area contributed by atoms with Gasteiger partial charge in [-0.2, -0.15) is 0 Å². The fourth-order valence-electron chi connectivity index (χ4n) is 2.98. The number of nitrogens with one attached hydrogen (secondary N) is 1. The molecule has 2 rings (SSSR count). The van der Waals surface area contributed by atoms with Crippen LogP contribution in [0.25, 0.3) is 0 Å². The zero-order valence-electron chi connectivity index (χ0n) is 11.5. The largest absolute Gasteiger partial charge is 0.334 e. The third kappa shape index (κ3) is 3.61. The predicted molar refractivity (Wildman–Crippen MR) is 73.4 cm³/mol. The number of amides is 2. The zero-order valence-corrected chi connectivity index (χ0v) is 11.5. The fraction of sp³-hybridized carbons (Fsp3) is 0.929. The number of hydrogen-bond donors (Lipinski definition) is 2. The lowest BCUT2D eigenvalue weighted by Crippen LogP contribution is -2.52. The Morgan fingerprint density at radius 3 is 2.50 bits per heavy atom. The zero-order chi connectivity index (χ0) is 13.0. The molecule has 0 bridgehead atoms. The Balaban J connectivity index is 1.82. The molecule has 1 aliphatic heterocycles. The van der Waals surface area contributed by atoms with Crippen LogP contribution in [0.4, 0.5) is 4.79 Å². The second-order valence-electron chi connectivity index (χ2n) is 6.03. The highest BCUT2D eigenvalue weighted by molar-refractivity contribution is 5.74. The van der Waals surface area contributed by atoms with E-state index in [0.29, 0.717) is 0 Å².